The summed E-state index contributed by atoms with van der Waals surface area (Å²) in [5.74, 6) is 1.10. The fourth-order valence-corrected chi connectivity index (χ4v) is 3.90. The van der Waals surface area contributed by atoms with Crippen LogP contribution >= 0.6 is 0 Å². The molecule has 2 N–H and O–H groups in total. The van der Waals surface area contributed by atoms with Gasteiger partial charge in [0.05, 0.1) is 6.26 Å². The average molecular weight is 445 g/mol. The van der Waals surface area contributed by atoms with Gasteiger partial charge in [0.1, 0.15) is 17.1 Å². The van der Waals surface area contributed by atoms with Gasteiger partial charge in [-0.15, -0.1) is 0 Å². The Morgan fingerprint density at radius 1 is 1.06 bits per heavy atom. The highest BCUT2D eigenvalue weighted by Crippen LogP contribution is 2.37. The first kappa shape index (κ1) is 22.3. The standard InChI is InChI=1S/C26H28N4O3/c1-15(2)19-12-18(22-9-7-11-33-22)13-20(16(3)4)23(19)28-26(32)30(5)21-14-17-8-6-10-27-24(17)29-25(21)31/h6-16H,1-5H3,(H,28,32)(H,27,29,31). The predicted molar refractivity (Wildman–Crippen MR) is 132 cm³/mol. The van der Waals surface area contributed by atoms with E-state index in [0.717, 1.165) is 33.5 Å². The number of nitrogens with one attached hydrogen (secondary N) is 2. The first-order valence-corrected chi connectivity index (χ1v) is 11.0. The maximum Gasteiger partial charge on any atom is 0.326 e. The van der Waals surface area contributed by atoms with Gasteiger partial charge in [-0.25, -0.2) is 9.78 Å². The fourth-order valence-electron chi connectivity index (χ4n) is 3.90. The van der Waals surface area contributed by atoms with Crippen molar-refractivity contribution in [2.24, 2.45) is 0 Å². The third-order valence-corrected chi connectivity index (χ3v) is 5.74. The van der Waals surface area contributed by atoms with E-state index in [9.17, 15) is 9.59 Å². The van der Waals surface area contributed by atoms with E-state index in [2.05, 4.69) is 55.1 Å². The zero-order valence-electron chi connectivity index (χ0n) is 19.5. The molecule has 0 saturated heterocycles. The Labute approximate surface area is 192 Å². The van der Waals surface area contributed by atoms with E-state index >= 15 is 0 Å². The van der Waals surface area contributed by atoms with Crippen molar-refractivity contribution in [2.45, 2.75) is 39.5 Å². The van der Waals surface area contributed by atoms with E-state index in [-0.39, 0.29) is 23.1 Å². The van der Waals surface area contributed by atoms with Gasteiger partial charge < -0.3 is 14.7 Å². The zero-order valence-corrected chi connectivity index (χ0v) is 19.5. The molecule has 7 nitrogen and oxygen atoms in total. The number of carbonyl (C=O) groups is 1. The van der Waals surface area contributed by atoms with Gasteiger partial charge in [-0.2, -0.15) is 0 Å². The molecule has 0 radical (unpaired) electrons. The summed E-state index contributed by atoms with van der Waals surface area (Å²) in [6, 6.07) is 12.8. The summed E-state index contributed by atoms with van der Waals surface area (Å²) in [5.41, 5.74) is 4.11. The molecule has 4 aromatic rings. The van der Waals surface area contributed by atoms with Crippen molar-refractivity contribution >= 4 is 28.4 Å². The molecule has 1 aromatic carbocycles. The molecule has 170 valence electrons. The number of benzene rings is 1. The Balaban J connectivity index is 1.74. The number of amides is 2. The van der Waals surface area contributed by atoms with Crippen LogP contribution < -0.4 is 15.8 Å². The van der Waals surface area contributed by atoms with Crippen LogP contribution in [0.15, 0.2) is 64.1 Å². The number of H-pyrrole nitrogens is 1. The minimum absolute atomic E-state index is 0.160. The van der Waals surface area contributed by atoms with Gasteiger partial charge in [-0.1, -0.05) is 27.7 Å². The molecule has 33 heavy (non-hydrogen) atoms. The van der Waals surface area contributed by atoms with E-state index in [4.69, 9.17) is 4.42 Å². The van der Waals surface area contributed by atoms with Crippen LogP contribution in [0.3, 0.4) is 0 Å². The lowest BCUT2D eigenvalue weighted by Gasteiger charge is -2.24. The molecule has 0 unspecified atom stereocenters. The van der Waals surface area contributed by atoms with Crippen molar-refractivity contribution in [1.82, 2.24) is 9.97 Å². The Morgan fingerprint density at radius 2 is 1.76 bits per heavy atom. The van der Waals surface area contributed by atoms with Crippen LogP contribution in [0.5, 0.6) is 0 Å². The lowest BCUT2D eigenvalue weighted by Crippen LogP contribution is -2.35. The van der Waals surface area contributed by atoms with Crippen LogP contribution in [0.4, 0.5) is 16.2 Å². The third kappa shape index (κ3) is 4.39. The number of fused-ring (bicyclic) bond motifs is 1. The summed E-state index contributed by atoms with van der Waals surface area (Å²) >= 11 is 0. The molecule has 0 aliphatic carbocycles. The second-order valence-corrected chi connectivity index (χ2v) is 8.73. The molecule has 0 fully saturated rings. The summed E-state index contributed by atoms with van der Waals surface area (Å²) in [6.07, 6.45) is 3.27. The molecule has 0 atom stereocenters. The second-order valence-electron chi connectivity index (χ2n) is 8.73. The van der Waals surface area contributed by atoms with Crippen LogP contribution in [0, 0.1) is 0 Å². The van der Waals surface area contributed by atoms with Crippen LogP contribution in [0.1, 0.15) is 50.7 Å². The van der Waals surface area contributed by atoms with E-state index in [0.29, 0.717) is 5.65 Å². The van der Waals surface area contributed by atoms with E-state index in [1.165, 1.54) is 4.90 Å². The zero-order chi connectivity index (χ0) is 23.7. The number of urea groups is 1. The molecule has 7 heteroatoms. The van der Waals surface area contributed by atoms with Crippen LogP contribution in [0.2, 0.25) is 0 Å². The number of carbonyl (C=O) groups excluding carboxylic acids is 1. The number of aromatic amines is 1. The number of pyridine rings is 2. The molecule has 0 bridgehead atoms. The Hall–Kier alpha value is -3.87. The number of nitrogens with zero attached hydrogens (tertiary/aromatic N) is 2. The van der Waals surface area contributed by atoms with E-state index in [1.54, 1.807) is 31.6 Å². The van der Waals surface area contributed by atoms with Gasteiger partial charge in [-0.05, 0) is 65.4 Å². The van der Waals surface area contributed by atoms with E-state index < -0.39 is 6.03 Å². The summed E-state index contributed by atoms with van der Waals surface area (Å²) in [5, 5.41) is 3.83. The van der Waals surface area contributed by atoms with Crippen molar-refractivity contribution in [3.05, 3.63) is 76.4 Å². The summed E-state index contributed by atoms with van der Waals surface area (Å²) in [6.45, 7) is 8.36. The van der Waals surface area contributed by atoms with Gasteiger partial charge in [0.2, 0.25) is 0 Å². The quantitative estimate of drug-likeness (QED) is 0.389. The van der Waals surface area contributed by atoms with Crippen molar-refractivity contribution < 1.29 is 9.21 Å². The third-order valence-electron chi connectivity index (χ3n) is 5.74. The molecule has 3 heterocycles. The van der Waals surface area contributed by atoms with Crippen molar-refractivity contribution in [3.63, 3.8) is 0 Å². The average Bonchev–Trinajstić information content (AvgIpc) is 3.32. The van der Waals surface area contributed by atoms with Gasteiger partial charge in [0.15, 0.2) is 0 Å². The van der Waals surface area contributed by atoms with Crippen molar-refractivity contribution in [2.75, 3.05) is 17.3 Å². The monoisotopic (exact) mass is 444 g/mol. The smallest absolute Gasteiger partial charge is 0.326 e. The second kappa shape index (κ2) is 8.94. The maximum absolute atomic E-state index is 13.3. The number of hydrogen-bond donors (Lipinski definition) is 2. The van der Waals surface area contributed by atoms with Gasteiger partial charge >= 0.3 is 6.03 Å². The molecule has 2 amide bonds. The summed E-state index contributed by atoms with van der Waals surface area (Å²) < 4.78 is 5.62. The van der Waals surface area contributed by atoms with Crippen LogP contribution in [0.25, 0.3) is 22.4 Å². The van der Waals surface area contributed by atoms with Crippen LogP contribution in [-0.4, -0.2) is 23.0 Å². The number of anilines is 2. The normalized spacial score (nSPS) is 11.4. The number of rotatable bonds is 5. The highest BCUT2D eigenvalue weighted by molar-refractivity contribution is 6.03. The molecule has 4 rings (SSSR count). The number of hydrogen-bond acceptors (Lipinski definition) is 4. The number of aromatic nitrogens is 2. The summed E-state index contributed by atoms with van der Waals surface area (Å²) in [4.78, 5) is 34.2. The molecular weight excluding hydrogens is 416 g/mol. The number of furan rings is 1. The molecule has 0 spiro atoms. The minimum Gasteiger partial charge on any atom is -0.464 e. The van der Waals surface area contributed by atoms with Gasteiger partial charge in [0.25, 0.3) is 5.56 Å². The lowest BCUT2D eigenvalue weighted by atomic mass is 9.89. The highest BCUT2D eigenvalue weighted by atomic mass is 16.3. The summed E-state index contributed by atoms with van der Waals surface area (Å²) in [7, 11) is 1.59. The predicted octanol–water partition coefficient (Wildman–Crippen LogP) is 6.10. The Morgan fingerprint density at radius 3 is 2.36 bits per heavy atom. The topological polar surface area (TPSA) is 91.2 Å². The van der Waals surface area contributed by atoms with Gasteiger partial charge in [0, 0.05) is 29.9 Å². The Kier molecular flexibility index (Phi) is 6.05. The van der Waals surface area contributed by atoms with Crippen molar-refractivity contribution in [1.29, 1.82) is 0 Å². The van der Waals surface area contributed by atoms with Gasteiger partial charge in [-0.3, -0.25) is 9.69 Å². The maximum atomic E-state index is 13.3. The van der Waals surface area contributed by atoms with Crippen molar-refractivity contribution in [3.8, 4) is 11.3 Å². The first-order valence-electron chi connectivity index (χ1n) is 11.0. The largest absolute Gasteiger partial charge is 0.464 e. The molecular formula is C26H28N4O3. The first-order chi connectivity index (χ1) is 15.8. The Bertz CT molecular complexity index is 1320. The van der Waals surface area contributed by atoms with Crippen LogP contribution in [-0.2, 0) is 0 Å². The highest BCUT2D eigenvalue weighted by Gasteiger charge is 2.22. The fraction of sp³-hybridized carbons (Fsp3) is 0.269. The molecule has 0 aliphatic rings. The molecule has 0 aliphatic heterocycles. The molecule has 3 aromatic heterocycles. The minimum atomic E-state index is -0.390. The lowest BCUT2D eigenvalue weighted by molar-refractivity contribution is 0.258. The molecule has 0 saturated carbocycles. The van der Waals surface area contributed by atoms with E-state index in [1.807, 2.05) is 18.2 Å². The SMILES string of the molecule is CC(C)c1cc(-c2ccco2)cc(C(C)C)c1NC(=O)N(C)c1cc2cccnc2[nH]c1=O.